The van der Waals surface area contributed by atoms with Crippen LogP contribution in [0.1, 0.15) is 25.0 Å². The molecular weight excluding hydrogens is 420 g/mol. The zero-order valence-electron chi connectivity index (χ0n) is 17.7. The number of hydrogen-bond acceptors (Lipinski definition) is 6. The van der Waals surface area contributed by atoms with Crippen molar-refractivity contribution in [1.82, 2.24) is 5.32 Å². The van der Waals surface area contributed by atoms with E-state index in [0.717, 1.165) is 5.56 Å². The summed E-state index contributed by atoms with van der Waals surface area (Å²) >= 11 is 5.97. The lowest BCUT2D eigenvalue weighted by Crippen LogP contribution is -2.30. The van der Waals surface area contributed by atoms with Crippen molar-refractivity contribution in [3.63, 3.8) is 0 Å². The SMILES string of the molecule is COc1cc(/C=C(\C#N)C(=O)NC(C)C)ccc1OC(=O)COc1ccc(Cl)c(C)c1. The Morgan fingerprint density at radius 1 is 1.19 bits per heavy atom. The van der Waals surface area contributed by atoms with Crippen LogP contribution in [0.2, 0.25) is 5.02 Å². The molecule has 0 aliphatic rings. The van der Waals surface area contributed by atoms with Gasteiger partial charge in [0.15, 0.2) is 18.1 Å². The molecule has 0 fully saturated rings. The number of benzene rings is 2. The van der Waals surface area contributed by atoms with Crippen molar-refractivity contribution in [3.8, 4) is 23.3 Å². The van der Waals surface area contributed by atoms with Crippen molar-refractivity contribution in [2.45, 2.75) is 26.8 Å². The quantitative estimate of drug-likeness (QED) is 0.286. The van der Waals surface area contributed by atoms with E-state index in [4.69, 9.17) is 25.8 Å². The van der Waals surface area contributed by atoms with Gasteiger partial charge in [0.1, 0.15) is 17.4 Å². The summed E-state index contributed by atoms with van der Waals surface area (Å²) in [6.07, 6.45) is 1.43. The Morgan fingerprint density at radius 2 is 1.94 bits per heavy atom. The Labute approximate surface area is 186 Å². The smallest absolute Gasteiger partial charge is 0.349 e. The number of carbonyl (C=O) groups is 2. The number of halogens is 1. The molecule has 0 heterocycles. The summed E-state index contributed by atoms with van der Waals surface area (Å²) in [5.41, 5.74) is 1.32. The zero-order valence-corrected chi connectivity index (χ0v) is 18.4. The highest BCUT2D eigenvalue weighted by molar-refractivity contribution is 6.31. The summed E-state index contributed by atoms with van der Waals surface area (Å²) in [6, 6.07) is 11.5. The van der Waals surface area contributed by atoms with Crippen LogP contribution in [0.4, 0.5) is 0 Å². The second-order valence-electron chi connectivity index (χ2n) is 6.88. The summed E-state index contributed by atoms with van der Waals surface area (Å²) in [6.45, 7) is 5.13. The van der Waals surface area contributed by atoms with Crippen LogP contribution in [0.5, 0.6) is 17.2 Å². The second kappa shape index (κ2) is 11.0. The van der Waals surface area contributed by atoms with E-state index in [9.17, 15) is 14.9 Å². The molecule has 0 atom stereocenters. The van der Waals surface area contributed by atoms with Gasteiger partial charge in [0, 0.05) is 11.1 Å². The third kappa shape index (κ3) is 7.05. The molecule has 162 valence electrons. The van der Waals surface area contributed by atoms with Crippen LogP contribution in [-0.2, 0) is 9.59 Å². The number of nitriles is 1. The number of nitrogens with zero attached hydrogens (tertiary/aromatic N) is 1. The van der Waals surface area contributed by atoms with E-state index < -0.39 is 11.9 Å². The molecule has 0 aliphatic heterocycles. The first-order valence-electron chi connectivity index (χ1n) is 9.43. The maximum Gasteiger partial charge on any atom is 0.349 e. The molecule has 0 unspecified atom stereocenters. The molecule has 0 aliphatic carbocycles. The number of methoxy groups -OCH3 is 1. The maximum atomic E-state index is 12.2. The minimum Gasteiger partial charge on any atom is -0.493 e. The molecule has 0 saturated heterocycles. The van der Waals surface area contributed by atoms with Gasteiger partial charge in [0.25, 0.3) is 5.91 Å². The fourth-order valence-electron chi connectivity index (χ4n) is 2.51. The number of rotatable bonds is 8. The normalized spacial score (nSPS) is 10.9. The summed E-state index contributed by atoms with van der Waals surface area (Å²) in [5, 5.41) is 12.5. The van der Waals surface area contributed by atoms with E-state index in [1.807, 2.05) is 13.0 Å². The summed E-state index contributed by atoms with van der Waals surface area (Å²) in [5.74, 6) is -0.142. The summed E-state index contributed by atoms with van der Waals surface area (Å²) in [7, 11) is 1.42. The van der Waals surface area contributed by atoms with Crippen molar-refractivity contribution in [1.29, 1.82) is 5.26 Å². The molecule has 0 spiro atoms. The lowest BCUT2D eigenvalue weighted by molar-refractivity contribution is -0.136. The van der Waals surface area contributed by atoms with E-state index in [1.165, 1.54) is 19.3 Å². The number of carbonyl (C=O) groups excluding carboxylic acids is 2. The zero-order chi connectivity index (χ0) is 23.0. The number of amides is 1. The number of esters is 1. The van der Waals surface area contributed by atoms with Crippen LogP contribution < -0.4 is 19.5 Å². The number of ether oxygens (including phenoxy) is 3. The van der Waals surface area contributed by atoms with Gasteiger partial charge in [-0.1, -0.05) is 17.7 Å². The van der Waals surface area contributed by atoms with E-state index in [-0.39, 0.29) is 29.7 Å². The molecule has 7 nitrogen and oxygen atoms in total. The largest absolute Gasteiger partial charge is 0.493 e. The molecular formula is C23H23ClN2O5. The molecule has 0 bridgehead atoms. The van der Waals surface area contributed by atoms with Gasteiger partial charge in [0.05, 0.1) is 7.11 Å². The molecule has 1 N–H and O–H groups in total. The van der Waals surface area contributed by atoms with Crippen molar-refractivity contribution < 1.29 is 23.8 Å². The topological polar surface area (TPSA) is 97.6 Å². The Kier molecular flexibility index (Phi) is 8.47. The maximum absolute atomic E-state index is 12.2. The molecule has 2 aromatic carbocycles. The van der Waals surface area contributed by atoms with Gasteiger partial charge < -0.3 is 19.5 Å². The molecule has 8 heteroatoms. The van der Waals surface area contributed by atoms with Gasteiger partial charge in [-0.15, -0.1) is 0 Å². The van der Waals surface area contributed by atoms with E-state index >= 15 is 0 Å². The number of nitrogens with one attached hydrogen (secondary N) is 1. The average molecular weight is 443 g/mol. The first-order chi connectivity index (χ1) is 14.7. The van der Waals surface area contributed by atoms with Crippen LogP contribution in [-0.4, -0.2) is 31.6 Å². The monoisotopic (exact) mass is 442 g/mol. The lowest BCUT2D eigenvalue weighted by atomic mass is 10.1. The van der Waals surface area contributed by atoms with Gasteiger partial charge in [0.2, 0.25) is 0 Å². The Bertz CT molecular complexity index is 1040. The van der Waals surface area contributed by atoms with Crippen LogP contribution in [0.25, 0.3) is 6.08 Å². The minimum absolute atomic E-state index is 0.0489. The predicted molar refractivity (Wildman–Crippen MR) is 117 cm³/mol. The van der Waals surface area contributed by atoms with Crippen LogP contribution >= 0.6 is 11.6 Å². The Hall–Kier alpha value is -3.50. The lowest BCUT2D eigenvalue weighted by Gasteiger charge is -2.11. The number of hydrogen-bond donors (Lipinski definition) is 1. The van der Waals surface area contributed by atoms with Crippen LogP contribution in [0, 0.1) is 18.3 Å². The fraction of sp³-hybridized carbons (Fsp3) is 0.261. The average Bonchev–Trinajstić information content (AvgIpc) is 2.73. The van der Waals surface area contributed by atoms with Crippen molar-refractivity contribution >= 4 is 29.6 Å². The van der Waals surface area contributed by atoms with Gasteiger partial charge >= 0.3 is 5.97 Å². The summed E-state index contributed by atoms with van der Waals surface area (Å²) in [4.78, 5) is 24.2. The third-order valence-electron chi connectivity index (χ3n) is 3.99. The molecule has 2 aromatic rings. The van der Waals surface area contributed by atoms with Crippen LogP contribution in [0.3, 0.4) is 0 Å². The molecule has 0 saturated carbocycles. The first-order valence-corrected chi connectivity index (χ1v) is 9.81. The van der Waals surface area contributed by atoms with Gasteiger partial charge in [-0.25, -0.2) is 4.79 Å². The highest BCUT2D eigenvalue weighted by Gasteiger charge is 2.14. The third-order valence-corrected chi connectivity index (χ3v) is 4.42. The standard InChI is InChI=1S/C23H23ClN2O5/c1-14(2)26-23(28)17(12-25)10-16-5-8-20(21(11-16)29-4)31-22(27)13-30-18-6-7-19(24)15(3)9-18/h5-11,14H,13H2,1-4H3,(H,26,28)/b17-10+. The van der Waals surface area contributed by atoms with Crippen molar-refractivity contribution in [3.05, 3.63) is 58.1 Å². The van der Waals surface area contributed by atoms with E-state index in [1.54, 1.807) is 44.2 Å². The molecule has 0 aromatic heterocycles. The first kappa shape index (κ1) is 23.8. The predicted octanol–water partition coefficient (Wildman–Crippen LogP) is 4.07. The highest BCUT2D eigenvalue weighted by atomic mass is 35.5. The van der Waals surface area contributed by atoms with Crippen molar-refractivity contribution in [2.24, 2.45) is 0 Å². The highest BCUT2D eigenvalue weighted by Crippen LogP contribution is 2.29. The van der Waals surface area contributed by atoms with Gasteiger partial charge in [-0.05, 0) is 68.3 Å². The van der Waals surface area contributed by atoms with Crippen LogP contribution in [0.15, 0.2) is 42.0 Å². The molecule has 2 rings (SSSR count). The van der Waals surface area contributed by atoms with Crippen molar-refractivity contribution in [2.75, 3.05) is 13.7 Å². The molecule has 1 amide bonds. The minimum atomic E-state index is -0.622. The molecule has 31 heavy (non-hydrogen) atoms. The van der Waals surface area contributed by atoms with E-state index in [0.29, 0.717) is 16.3 Å². The Balaban J connectivity index is 2.09. The van der Waals surface area contributed by atoms with E-state index in [2.05, 4.69) is 5.32 Å². The summed E-state index contributed by atoms with van der Waals surface area (Å²) < 4.78 is 16.0. The fourth-order valence-corrected chi connectivity index (χ4v) is 2.63. The van der Waals surface area contributed by atoms with Gasteiger partial charge in [-0.2, -0.15) is 5.26 Å². The molecule has 0 radical (unpaired) electrons. The second-order valence-corrected chi connectivity index (χ2v) is 7.29. The number of aryl methyl sites for hydroxylation is 1. The Morgan fingerprint density at radius 3 is 2.55 bits per heavy atom. The van der Waals surface area contributed by atoms with Gasteiger partial charge in [-0.3, -0.25) is 4.79 Å².